The van der Waals surface area contributed by atoms with Gasteiger partial charge in [-0.2, -0.15) is 0 Å². The first kappa shape index (κ1) is 12.7. The van der Waals surface area contributed by atoms with Crippen molar-refractivity contribution >= 4 is 17.3 Å². The molecule has 0 atom stereocenters. The van der Waals surface area contributed by atoms with Crippen molar-refractivity contribution < 1.29 is 4.74 Å². The quantitative estimate of drug-likeness (QED) is 0.841. The molecule has 0 aliphatic heterocycles. The number of ether oxygens (including phenoxy) is 1. The highest BCUT2D eigenvalue weighted by Crippen LogP contribution is 2.21. The molecule has 0 aliphatic carbocycles. The molecular formula is C14H15ClN2O. The molecule has 1 aromatic carbocycles. The Hall–Kier alpha value is -1.74. The molecule has 0 fully saturated rings. The zero-order valence-electron chi connectivity index (χ0n) is 9.97. The minimum Gasteiger partial charge on any atom is -0.476 e. The summed E-state index contributed by atoms with van der Waals surface area (Å²) >= 11 is 5.76. The zero-order chi connectivity index (χ0) is 12.8. The van der Waals surface area contributed by atoms with Crippen molar-refractivity contribution in [3.63, 3.8) is 0 Å². The minimum absolute atomic E-state index is 0.451. The lowest BCUT2D eigenvalue weighted by Gasteiger charge is -2.07. The summed E-state index contributed by atoms with van der Waals surface area (Å²) in [4.78, 5) is 4.04. The van der Waals surface area contributed by atoms with E-state index in [1.807, 2.05) is 18.2 Å². The van der Waals surface area contributed by atoms with Crippen LogP contribution >= 0.6 is 11.6 Å². The fourth-order valence-corrected chi connectivity index (χ4v) is 1.82. The number of aromatic nitrogens is 1. The fourth-order valence-electron chi connectivity index (χ4n) is 1.65. The number of rotatable bonds is 5. The second-order valence-corrected chi connectivity index (χ2v) is 4.42. The van der Waals surface area contributed by atoms with Gasteiger partial charge in [0.25, 0.3) is 0 Å². The van der Waals surface area contributed by atoms with Crippen molar-refractivity contribution in [1.29, 1.82) is 0 Å². The van der Waals surface area contributed by atoms with Gasteiger partial charge < -0.3 is 10.5 Å². The van der Waals surface area contributed by atoms with E-state index in [1.54, 1.807) is 6.07 Å². The van der Waals surface area contributed by atoms with Crippen LogP contribution in [0.25, 0.3) is 0 Å². The molecule has 0 spiro atoms. The van der Waals surface area contributed by atoms with Crippen LogP contribution in [0.2, 0.25) is 5.02 Å². The van der Waals surface area contributed by atoms with E-state index in [-0.39, 0.29) is 0 Å². The molecule has 94 valence electrons. The molecule has 0 radical (unpaired) electrons. The average Bonchev–Trinajstić information content (AvgIpc) is 2.38. The average molecular weight is 263 g/mol. The van der Waals surface area contributed by atoms with Gasteiger partial charge in [-0.15, -0.1) is 0 Å². The summed E-state index contributed by atoms with van der Waals surface area (Å²) in [5, 5.41) is 0.518. The third-order valence-corrected chi connectivity index (χ3v) is 2.74. The molecule has 4 heteroatoms. The standard InChI is InChI=1S/C14H15ClN2O/c15-12-9-13(16)14(17-10-12)18-8-4-7-11-5-2-1-3-6-11/h1-3,5-6,9-10H,4,7-8,16H2. The third kappa shape index (κ3) is 3.64. The van der Waals surface area contributed by atoms with Gasteiger partial charge >= 0.3 is 0 Å². The summed E-state index contributed by atoms with van der Waals surface area (Å²) in [5.74, 6) is 0.451. The third-order valence-electron chi connectivity index (χ3n) is 2.54. The molecule has 1 heterocycles. The lowest BCUT2D eigenvalue weighted by atomic mass is 10.1. The lowest BCUT2D eigenvalue weighted by molar-refractivity contribution is 0.301. The maximum absolute atomic E-state index is 5.76. The van der Waals surface area contributed by atoms with E-state index in [2.05, 4.69) is 17.1 Å². The highest BCUT2D eigenvalue weighted by Gasteiger charge is 2.02. The Morgan fingerprint density at radius 1 is 1.22 bits per heavy atom. The topological polar surface area (TPSA) is 48.1 Å². The molecule has 0 saturated heterocycles. The van der Waals surface area contributed by atoms with Gasteiger partial charge in [-0.3, -0.25) is 0 Å². The Labute approximate surface area is 112 Å². The van der Waals surface area contributed by atoms with Gasteiger partial charge in [0.2, 0.25) is 5.88 Å². The molecule has 18 heavy (non-hydrogen) atoms. The number of nitrogens with zero attached hydrogens (tertiary/aromatic N) is 1. The first-order valence-electron chi connectivity index (χ1n) is 5.83. The molecule has 0 aliphatic rings. The molecule has 0 amide bonds. The van der Waals surface area contributed by atoms with Crippen LogP contribution in [0.1, 0.15) is 12.0 Å². The molecule has 0 saturated carbocycles. The Bertz CT molecular complexity index is 502. The highest BCUT2D eigenvalue weighted by molar-refractivity contribution is 6.30. The normalized spacial score (nSPS) is 10.3. The van der Waals surface area contributed by atoms with E-state index in [4.69, 9.17) is 22.1 Å². The number of nitrogens with two attached hydrogens (primary N) is 1. The molecule has 2 rings (SSSR count). The van der Waals surface area contributed by atoms with Crippen molar-refractivity contribution in [2.45, 2.75) is 12.8 Å². The fraction of sp³-hybridized carbons (Fsp3) is 0.214. The summed E-state index contributed by atoms with van der Waals surface area (Å²) in [6.07, 6.45) is 3.44. The number of aryl methyl sites for hydroxylation is 1. The molecule has 0 unspecified atom stereocenters. The highest BCUT2D eigenvalue weighted by atomic mass is 35.5. The number of anilines is 1. The van der Waals surface area contributed by atoms with Crippen molar-refractivity contribution in [2.24, 2.45) is 0 Å². The molecule has 1 aromatic heterocycles. The predicted octanol–water partition coefficient (Wildman–Crippen LogP) is 3.33. The maximum atomic E-state index is 5.76. The Morgan fingerprint density at radius 2 is 2.00 bits per heavy atom. The van der Waals surface area contributed by atoms with Gasteiger partial charge in [-0.05, 0) is 24.5 Å². The minimum atomic E-state index is 0.451. The van der Waals surface area contributed by atoms with Gasteiger partial charge in [0, 0.05) is 6.20 Å². The number of hydrogen-bond donors (Lipinski definition) is 1. The van der Waals surface area contributed by atoms with Crippen LogP contribution in [0.3, 0.4) is 0 Å². The second kappa shape index (κ2) is 6.26. The zero-order valence-corrected chi connectivity index (χ0v) is 10.7. The van der Waals surface area contributed by atoms with Gasteiger partial charge in [-0.25, -0.2) is 4.98 Å². The van der Waals surface area contributed by atoms with Crippen LogP contribution in [-0.2, 0) is 6.42 Å². The van der Waals surface area contributed by atoms with Crippen molar-refractivity contribution in [3.8, 4) is 5.88 Å². The van der Waals surface area contributed by atoms with Crippen LogP contribution in [-0.4, -0.2) is 11.6 Å². The first-order valence-corrected chi connectivity index (χ1v) is 6.21. The molecule has 2 N–H and O–H groups in total. The smallest absolute Gasteiger partial charge is 0.237 e. The Morgan fingerprint density at radius 3 is 2.72 bits per heavy atom. The van der Waals surface area contributed by atoms with Gasteiger partial charge in [0.15, 0.2) is 0 Å². The van der Waals surface area contributed by atoms with Crippen molar-refractivity contribution in [2.75, 3.05) is 12.3 Å². The van der Waals surface area contributed by atoms with Crippen LogP contribution in [0.15, 0.2) is 42.6 Å². The number of halogens is 1. The van der Waals surface area contributed by atoms with Gasteiger partial charge in [0.05, 0.1) is 17.3 Å². The first-order chi connectivity index (χ1) is 8.75. The van der Waals surface area contributed by atoms with Crippen LogP contribution < -0.4 is 10.5 Å². The van der Waals surface area contributed by atoms with E-state index in [0.717, 1.165) is 12.8 Å². The molecular weight excluding hydrogens is 248 g/mol. The van der Waals surface area contributed by atoms with Crippen LogP contribution in [0.5, 0.6) is 5.88 Å². The summed E-state index contributed by atoms with van der Waals surface area (Å²) in [7, 11) is 0. The van der Waals surface area contributed by atoms with Crippen LogP contribution in [0.4, 0.5) is 5.69 Å². The molecule has 3 nitrogen and oxygen atoms in total. The Balaban J connectivity index is 1.79. The second-order valence-electron chi connectivity index (χ2n) is 3.99. The van der Waals surface area contributed by atoms with E-state index in [9.17, 15) is 0 Å². The SMILES string of the molecule is Nc1cc(Cl)cnc1OCCCc1ccccc1. The number of nitrogen functional groups attached to an aromatic ring is 1. The van der Waals surface area contributed by atoms with Crippen molar-refractivity contribution in [1.82, 2.24) is 4.98 Å². The van der Waals surface area contributed by atoms with E-state index < -0.39 is 0 Å². The maximum Gasteiger partial charge on any atom is 0.237 e. The van der Waals surface area contributed by atoms with Crippen molar-refractivity contribution in [3.05, 3.63) is 53.2 Å². The summed E-state index contributed by atoms with van der Waals surface area (Å²) in [6, 6.07) is 11.9. The number of benzene rings is 1. The largest absolute Gasteiger partial charge is 0.476 e. The number of hydrogen-bond acceptors (Lipinski definition) is 3. The number of pyridine rings is 1. The Kier molecular flexibility index (Phi) is 4.42. The summed E-state index contributed by atoms with van der Waals surface area (Å²) in [6.45, 7) is 0.591. The summed E-state index contributed by atoms with van der Waals surface area (Å²) in [5.41, 5.74) is 7.52. The van der Waals surface area contributed by atoms with Gasteiger partial charge in [0.1, 0.15) is 0 Å². The molecule has 0 bridgehead atoms. The van der Waals surface area contributed by atoms with E-state index >= 15 is 0 Å². The summed E-state index contributed by atoms with van der Waals surface area (Å²) < 4.78 is 5.52. The van der Waals surface area contributed by atoms with E-state index in [0.29, 0.717) is 23.2 Å². The monoisotopic (exact) mass is 262 g/mol. The lowest BCUT2D eigenvalue weighted by Crippen LogP contribution is -2.03. The van der Waals surface area contributed by atoms with Crippen LogP contribution in [0, 0.1) is 0 Å². The predicted molar refractivity (Wildman–Crippen MR) is 73.9 cm³/mol. The molecule has 2 aromatic rings. The van der Waals surface area contributed by atoms with E-state index in [1.165, 1.54) is 11.8 Å². The van der Waals surface area contributed by atoms with Gasteiger partial charge in [-0.1, -0.05) is 41.9 Å².